The number of aromatic nitrogens is 1. The van der Waals surface area contributed by atoms with Gasteiger partial charge in [-0.1, -0.05) is 41.1 Å². The second kappa shape index (κ2) is 8.45. The fourth-order valence-electron chi connectivity index (χ4n) is 2.32. The first kappa shape index (κ1) is 19.3. The summed E-state index contributed by atoms with van der Waals surface area (Å²) in [6.07, 6.45) is 0. The van der Waals surface area contributed by atoms with Gasteiger partial charge in [0.25, 0.3) is 5.22 Å². The molecule has 1 N–H and O–H groups in total. The number of carbonyl (C=O) groups excluding carboxylic acids is 2. The highest BCUT2D eigenvalue weighted by Crippen LogP contribution is 2.25. The minimum atomic E-state index is -0.254. The van der Waals surface area contributed by atoms with Crippen LogP contribution in [0.4, 0.5) is 5.69 Å². The summed E-state index contributed by atoms with van der Waals surface area (Å²) in [5, 5.41) is 3.73. The molecule has 27 heavy (non-hydrogen) atoms. The number of anilines is 1. The molecule has 1 aromatic heterocycles. The fraction of sp³-hybridized carbons (Fsp3) is 0.211. The molecule has 0 spiro atoms. The first-order valence-electron chi connectivity index (χ1n) is 8.20. The van der Waals surface area contributed by atoms with E-state index in [9.17, 15) is 9.59 Å². The molecule has 3 rings (SSSR count). The number of nitrogens with zero attached hydrogens (tertiary/aromatic N) is 2. The third kappa shape index (κ3) is 5.24. The molecule has 8 heteroatoms. The Kier molecular flexibility index (Phi) is 6.03. The van der Waals surface area contributed by atoms with Crippen molar-refractivity contribution in [3.63, 3.8) is 0 Å². The van der Waals surface area contributed by atoms with Gasteiger partial charge in [-0.2, -0.15) is 0 Å². The third-order valence-electron chi connectivity index (χ3n) is 3.79. The molecule has 1 heterocycles. The maximum atomic E-state index is 12.3. The van der Waals surface area contributed by atoms with Crippen LogP contribution in [0, 0.1) is 6.92 Å². The Labute approximate surface area is 165 Å². The van der Waals surface area contributed by atoms with E-state index in [1.165, 1.54) is 16.7 Å². The number of hydrogen-bond acceptors (Lipinski definition) is 5. The molecule has 0 aliphatic heterocycles. The maximum absolute atomic E-state index is 12.3. The van der Waals surface area contributed by atoms with Crippen LogP contribution in [-0.2, 0) is 9.59 Å². The second-order valence-electron chi connectivity index (χ2n) is 6.04. The first-order chi connectivity index (χ1) is 12.9. The van der Waals surface area contributed by atoms with Gasteiger partial charge in [0.05, 0.1) is 12.3 Å². The number of aryl methyl sites for hydroxylation is 1. The van der Waals surface area contributed by atoms with Crippen LogP contribution in [0.5, 0.6) is 0 Å². The van der Waals surface area contributed by atoms with E-state index in [1.807, 2.05) is 31.2 Å². The SMILES string of the molecule is Cc1ccc(NC(=O)CN(C)C(=O)CSc2nc3cc(Cl)ccc3o2)cc1. The van der Waals surface area contributed by atoms with Gasteiger partial charge in [-0.05, 0) is 37.3 Å². The Morgan fingerprint density at radius 2 is 1.96 bits per heavy atom. The number of carbonyl (C=O) groups is 2. The summed E-state index contributed by atoms with van der Waals surface area (Å²) in [5.74, 6) is -0.329. The van der Waals surface area contributed by atoms with Crippen LogP contribution in [0.25, 0.3) is 11.1 Å². The van der Waals surface area contributed by atoms with Crippen LogP contribution in [0.1, 0.15) is 5.56 Å². The van der Waals surface area contributed by atoms with Crippen molar-refractivity contribution in [3.8, 4) is 0 Å². The largest absolute Gasteiger partial charge is 0.431 e. The zero-order valence-electron chi connectivity index (χ0n) is 14.9. The van der Waals surface area contributed by atoms with E-state index >= 15 is 0 Å². The molecule has 6 nitrogen and oxygen atoms in total. The van der Waals surface area contributed by atoms with Crippen molar-refractivity contribution in [1.29, 1.82) is 0 Å². The molecule has 2 aromatic carbocycles. The lowest BCUT2D eigenvalue weighted by molar-refractivity contribution is -0.131. The van der Waals surface area contributed by atoms with Crippen molar-refractivity contribution in [2.24, 2.45) is 0 Å². The summed E-state index contributed by atoms with van der Waals surface area (Å²) < 4.78 is 5.57. The number of benzene rings is 2. The Morgan fingerprint density at radius 3 is 2.70 bits per heavy atom. The van der Waals surface area contributed by atoms with E-state index < -0.39 is 0 Å². The first-order valence-corrected chi connectivity index (χ1v) is 9.56. The quantitative estimate of drug-likeness (QED) is 0.630. The summed E-state index contributed by atoms with van der Waals surface area (Å²) in [4.78, 5) is 30.0. The average molecular weight is 404 g/mol. The number of likely N-dealkylation sites (N-methyl/N-ethyl adjacent to an activating group) is 1. The van der Waals surface area contributed by atoms with Crippen LogP contribution in [-0.4, -0.2) is 41.0 Å². The zero-order valence-corrected chi connectivity index (χ0v) is 16.4. The van der Waals surface area contributed by atoms with Crippen molar-refractivity contribution in [2.75, 3.05) is 24.7 Å². The highest BCUT2D eigenvalue weighted by molar-refractivity contribution is 7.99. The Bertz CT molecular complexity index is 972. The van der Waals surface area contributed by atoms with E-state index in [0.29, 0.717) is 27.0 Å². The van der Waals surface area contributed by atoms with Crippen molar-refractivity contribution in [1.82, 2.24) is 9.88 Å². The monoisotopic (exact) mass is 403 g/mol. The topological polar surface area (TPSA) is 75.4 Å². The van der Waals surface area contributed by atoms with Gasteiger partial charge in [0.15, 0.2) is 5.58 Å². The predicted molar refractivity (Wildman–Crippen MR) is 107 cm³/mol. The molecular formula is C19H18ClN3O3S. The molecular weight excluding hydrogens is 386 g/mol. The minimum absolute atomic E-state index is 0.0313. The van der Waals surface area contributed by atoms with Crippen molar-refractivity contribution >= 4 is 52.0 Å². The number of thioether (sulfide) groups is 1. The molecule has 0 saturated heterocycles. The molecule has 0 saturated carbocycles. The highest BCUT2D eigenvalue weighted by Gasteiger charge is 2.15. The third-order valence-corrected chi connectivity index (χ3v) is 4.84. The molecule has 0 fully saturated rings. The smallest absolute Gasteiger partial charge is 0.257 e. The van der Waals surface area contributed by atoms with Gasteiger partial charge in [-0.3, -0.25) is 9.59 Å². The fourth-order valence-corrected chi connectivity index (χ4v) is 3.26. The van der Waals surface area contributed by atoms with E-state index in [-0.39, 0.29) is 24.1 Å². The van der Waals surface area contributed by atoms with Crippen LogP contribution in [0.3, 0.4) is 0 Å². The van der Waals surface area contributed by atoms with Gasteiger partial charge in [-0.15, -0.1) is 0 Å². The predicted octanol–water partition coefficient (Wildman–Crippen LogP) is 3.98. The number of hydrogen-bond donors (Lipinski definition) is 1. The molecule has 0 bridgehead atoms. The minimum Gasteiger partial charge on any atom is -0.431 e. The molecule has 0 atom stereocenters. The molecule has 3 aromatic rings. The molecule has 0 unspecified atom stereocenters. The molecule has 0 aliphatic carbocycles. The summed E-state index contributed by atoms with van der Waals surface area (Å²) in [7, 11) is 1.59. The summed E-state index contributed by atoms with van der Waals surface area (Å²) in [6.45, 7) is 1.94. The van der Waals surface area contributed by atoms with Crippen molar-refractivity contribution < 1.29 is 14.0 Å². The second-order valence-corrected chi connectivity index (χ2v) is 7.41. The van der Waals surface area contributed by atoms with Crippen LogP contribution < -0.4 is 5.32 Å². The molecule has 0 radical (unpaired) electrons. The number of oxazole rings is 1. The van der Waals surface area contributed by atoms with Crippen LogP contribution >= 0.6 is 23.4 Å². The lowest BCUT2D eigenvalue weighted by atomic mass is 10.2. The van der Waals surface area contributed by atoms with Crippen LogP contribution in [0.15, 0.2) is 52.1 Å². The van der Waals surface area contributed by atoms with Gasteiger partial charge < -0.3 is 14.6 Å². The maximum Gasteiger partial charge on any atom is 0.257 e. The summed E-state index contributed by atoms with van der Waals surface area (Å²) in [5.41, 5.74) is 3.06. The Balaban J connectivity index is 1.50. The highest BCUT2D eigenvalue weighted by atomic mass is 35.5. The molecule has 2 amide bonds. The average Bonchev–Trinajstić information content (AvgIpc) is 3.03. The van der Waals surface area contributed by atoms with Crippen molar-refractivity contribution in [2.45, 2.75) is 12.1 Å². The van der Waals surface area contributed by atoms with Gasteiger partial charge in [0.2, 0.25) is 11.8 Å². The number of amides is 2. The number of nitrogens with one attached hydrogen (secondary N) is 1. The number of rotatable bonds is 6. The number of halogens is 1. The van der Waals surface area contributed by atoms with E-state index in [1.54, 1.807) is 25.2 Å². The number of fused-ring (bicyclic) bond motifs is 1. The Hall–Kier alpha value is -2.51. The molecule has 0 aliphatic rings. The normalized spacial score (nSPS) is 10.8. The van der Waals surface area contributed by atoms with Gasteiger partial charge in [0, 0.05) is 17.8 Å². The standard InChI is InChI=1S/C19H18ClN3O3S/c1-12-3-6-14(7-4-12)21-17(24)10-23(2)18(25)11-27-19-22-15-9-13(20)5-8-16(15)26-19/h3-9H,10-11H2,1-2H3,(H,21,24). The van der Waals surface area contributed by atoms with Crippen molar-refractivity contribution in [3.05, 3.63) is 53.1 Å². The molecule has 140 valence electrons. The van der Waals surface area contributed by atoms with Crippen LogP contribution in [0.2, 0.25) is 5.02 Å². The van der Waals surface area contributed by atoms with Gasteiger partial charge >= 0.3 is 0 Å². The van der Waals surface area contributed by atoms with E-state index in [2.05, 4.69) is 10.3 Å². The van der Waals surface area contributed by atoms with Gasteiger partial charge in [-0.25, -0.2) is 4.98 Å². The van der Waals surface area contributed by atoms with E-state index in [0.717, 1.165) is 5.56 Å². The lowest BCUT2D eigenvalue weighted by Crippen LogP contribution is -2.35. The van der Waals surface area contributed by atoms with E-state index in [4.69, 9.17) is 16.0 Å². The summed E-state index contributed by atoms with van der Waals surface area (Å²) >= 11 is 7.10. The summed E-state index contributed by atoms with van der Waals surface area (Å²) in [6, 6.07) is 12.6. The Morgan fingerprint density at radius 1 is 1.22 bits per heavy atom. The lowest BCUT2D eigenvalue weighted by Gasteiger charge is -2.16. The zero-order chi connectivity index (χ0) is 19.4. The van der Waals surface area contributed by atoms with Gasteiger partial charge in [0.1, 0.15) is 5.52 Å².